The zero-order valence-corrected chi connectivity index (χ0v) is 5.84. The highest BCUT2D eigenvalue weighted by Crippen LogP contribution is 2.25. The smallest absolute Gasteiger partial charge is 0.346 e. The molecule has 0 amide bonds. The SMILES string of the molecule is O=[P+](O)C1CCC=CN1. The zero-order chi connectivity index (χ0) is 6.69. The Hall–Kier alpha value is -0.400. The van der Waals surface area contributed by atoms with E-state index in [-0.39, 0.29) is 5.78 Å². The molecule has 0 aliphatic carbocycles. The summed E-state index contributed by atoms with van der Waals surface area (Å²) in [7, 11) is -2.03. The summed E-state index contributed by atoms with van der Waals surface area (Å²) in [5.41, 5.74) is 0. The maximum Gasteiger partial charge on any atom is 0.530 e. The van der Waals surface area contributed by atoms with Gasteiger partial charge in [-0.1, -0.05) is 6.08 Å². The lowest BCUT2D eigenvalue weighted by Crippen LogP contribution is -2.22. The van der Waals surface area contributed by atoms with Crippen molar-refractivity contribution in [2.75, 3.05) is 0 Å². The van der Waals surface area contributed by atoms with Gasteiger partial charge in [0.1, 0.15) is 0 Å². The molecule has 2 atom stereocenters. The molecule has 3 nitrogen and oxygen atoms in total. The highest BCUT2D eigenvalue weighted by Gasteiger charge is 2.27. The van der Waals surface area contributed by atoms with Gasteiger partial charge in [0, 0.05) is 6.42 Å². The fraction of sp³-hybridized carbons (Fsp3) is 0.600. The van der Waals surface area contributed by atoms with Crippen LogP contribution in [0.25, 0.3) is 0 Å². The molecule has 2 N–H and O–H groups in total. The van der Waals surface area contributed by atoms with Crippen LogP contribution in [-0.4, -0.2) is 10.7 Å². The van der Waals surface area contributed by atoms with Crippen LogP contribution in [-0.2, 0) is 4.57 Å². The first kappa shape index (κ1) is 6.72. The third-order valence-corrected chi connectivity index (χ3v) is 2.22. The third kappa shape index (κ3) is 1.77. The summed E-state index contributed by atoms with van der Waals surface area (Å²) >= 11 is 0. The van der Waals surface area contributed by atoms with Crippen molar-refractivity contribution in [2.24, 2.45) is 0 Å². The lowest BCUT2D eigenvalue weighted by molar-refractivity contribution is 0.472. The number of hydrogen-bond acceptors (Lipinski definition) is 2. The number of nitrogens with one attached hydrogen (secondary N) is 1. The van der Waals surface area contributed by atoms with Crippen LogP contribution in [0.2, 0.25) is 0 Å². The van der Waals surface area contributed by atoms with E-state index in [1.165, 1.54) is 0 Å². The first-order chi connectivity index (χ1) is 4.30. The van der Waals surface area contributed by atoms with Gasteiger partial charge in [0.05, 0.1) is 0 Å². The Kier molecular flexibility index (Phi) is 2.20. The number of allylic oxidation sites excluding steroid dienone is 1. The Bertz CT molecular complexity index is 146. The van der Waals surface area contributed by atoms with Gasteiger partial charge in [-0.3, -0.25) is 0 Å². The molecule has 1 heterocycles. The predicted octanol–water partition coefficient (Wildman–Crippen LogP) is 0.944. The fourth-order valence-corrected chi connectivity index (χ4v) is 1.36. The first-order valence-corrected chi connectivity index (χ1v) is 4.15. The van der Waals surface area contributed by atoms with Gasteiger partial charge in [-0.05, 0) is 17.2 Å². The molecule has 1 aliphatic heterocycles. The van der Waals surface area contributed by atoms with Gasteiger partial charge in [0.2, 0.25) is 0 Å². The van der Waals surface area contributed by atoms with E-state index in [0.29, 0.717) is 0 Å². The van der Waals surface area contributed by atoms with Gasteiger partial charge in [-0.15, -0.1) is 0 Å². The normalized spacial score (nSPS) is 27.2. The van der Waals surface area contributed by atoms with Crippen molar-refractivity contribution in [3.63, 3.8) is 0 Å². The van der Waals surface area contributed by atoms with Crippen molar-refractivity contribution in [1.82, 2.24) is 5.32 Å². The second-order valence-electron chi connectivity index (χ2n) is 1.96. The Morgan fingerprint density at radius 2 is 2.56 bits per heavy atom. The average Bonchev–Trinajstić information content (AvgIpc) is 1.90. The van der Waals surface area contributed by atoms with E-state index in [4.69, 9.17) is 4.89 Å². The van der Waals surface area contributed by atoms with E-state index in [1.807, 2.05) is 6.08 Å². The Balaban J connectivity index is 2.44. The molecule has 4 heteroatoms. The molecule has 0 aromatic heterocycles. The largest absolute Gasteiger partial charge is 0.530 e. The molecule has 1 rings (SSSR count). The standard InChI is InChI=1S/C5H8NO2P/c7-9(8)5-3-1-2-4-6-5/h2,4-6H,1,3H2/p+1. The second-order valence-corrected chi connectivity index (χ2v) is 3.19. The van der Waals surface area contributed by atoms with E-state index in [2.05, 4.69) is 5.32 Å². The van der Waals surface area contributed by atoms with Crippen LogP contribution in [0.3, 0.4) is 0 Å². The summed E-state index contributed by atoms with van der Waals surface area (Å²) in [6.45, 7) is 0. The molecule has 0 saturated carbocycles. The molecule has 0 aromatic carbocycles. The lowest BCUT2D eigenvalue weighted by Gasteiger charge is -2.06. The molecule has 1 aliphatic rings. The molecule has 50 valence electrons. The lowest BCUT2D eigenvalue weighted by atomic mass is 10.2. The van der Waals surface area contributed by atoms with Crippen LogP contribution in [0.4, 0.5) is 0 Å². The summed E-state index contributed by atoms with van der Waals surface area (Å²) in [5, 5.41) is 2.80. The van der Waals surface area contributed by atoms with Crippen LogP contribution in [0.1, 0.15) is 12.8 Å². The molecule has 0 fully saturated rings. The van der Waals surface area contributed by atoms with Crippen molar-refractivity contribution in [3.05, 3.63) is 12.3 Å². The molecule has 0 radical (unpaired) electrons. The maximum absolute atomic E-state index is 10.4. The topological polar surface area (TPSA) is 49.3 Å². The monoisotopic (exact) mass is 146 g/mol. The van der Waals surface area contributed by atoms with Crippen molar-refractivity contribution in [2.45, 2.75) is 18.6 Å². The van der Waals surface area contributed by atoms with Gasteiger partial charge >= 0.3 is 8.03 Å². The van der Waals surface area contributed by atoms with Crippen LogP contribution < -0.4 is 5.32 Å². The Morgan fingerprint density at radius 1 is 1.78 bits per heavy atom. The van der Waals surface area contributed by atoms with Crippen LogP contribution in [0.5, 0.6) is 0 Å². The summed E-state index contributed by atoms with van der Waals surface area (Å²) in [4.78, 5) is 8.59. The van der Waals surface area contributed by atoms with E-state index in [9.17, 15) is 4.57 Å². The molecule has 0 spiro atoms. The van der Waals surface area contributed by atoms with E-state index >= 15 is 0 Å². The summed E-state index contributed by atoms with van der Waals surface area (Å²) in [6.07, 6.45) is 5.36. The molecule has 9 heavy (non-hydrogen) atoms. The number of hydrogen-bond donors (Lipinski definition) is 2. The second kappa shape index (κ2) is 2.95. The van der Waals surface area contributed by atoms with Crippen molar-refractivity contribution < 1.29 is 9.46 Å². The van der Waals surface area contributed by atoms with Crippen molar-refractivity contribution in [1.29, 1.82) is 0 Å². The van der Waals surface area contributed by atoms with E-state index in [1.54, 1.807) is 6.20 Å². The van der Waals surface area contributed by atoms with Gasteiger partial charge in [-0.25, -0.2) is 0 Å². The first-order valence-electron chi connectivity index (χ1n) is 2.87. The highest BCUT2D eigenvalue weighted by molar-refractivity contribution is 7.38. The van der Waals surface area contributed by atoms with Gasteiger partial charge < -0.3 is 5.32 Å². The van der Waals surface area contributed by atoms with Crippen molar-refractivity contribution in [3.8, 4) is 0 Å². The summed E-state index contributed by atoms with van der Waals surface area (Å²) < 4.78 is 10.4. The minimum atomic E-state index is -2.03. The quantitative estimate of drug-likeness (QED) is 0.541. The predicted molar refractivity (Wildman–Crippen MR) is 35.1 cm³/mol. The van der Waals surface area contributed by atoms with E-state index < -0.39 is 8.03 Å². The minimum Gasteiger partial charge on any atom is -0.346 e. The van der Waals surface area contributed by atoms with Crippen molar-refractivity contribution >= 4 is 8.03 Å². The Morgan fingerprint density at radius 3 is 2.89 bits per heavy atom. The molecule has 0 bridgehead atoms. The molecular weight excluding hydrogens is 137 g/mol. The Labute approximate surface area is 54.6 Å². The highest BCUT2D eigenvalue weighted by atomic mass is 31.1. The van der Waals surface area contributed by atoms with Gasteiger partial charge in [0.15, 0.2) is 0 Å². The summed E-state index contributed by atoms with van der Waals surface area (Å²) in [5.74, 6) is -0.218. The maximum atomic E-state index is 10.4. The third-order valence-electron chi connectivity index (χ3n) is 1.28. The average molecular weight is 146 g/mol. The molecule has 0 saturated heterocycles. The number of rotatable bonds is 1. The van der Waals surface area contributed by atoms with E-state index in [0.717, 1.165) is 12.8 Å². The van der Waals surface area contributed by atoms with Crippen LogP contribution in [0.15, 0.2) is 12.3 Å². The van der Waals surface area contributed by atoms with Crippen LogP contribution >= 0.6 is 8.03 Å². The summed E-state index contributed by atoms with van der Waals surface area (Å²) in [6, 6.07) is 0. The molecular formula is C5H9NO2P+. The molecule has 0 aromatic rings. The molecule has 2 unspecified atom stereocenters. The van der Waals surface area contributed by atoms with Gasteiger partial charge in [-0.2, -0.15) is 4.89 Å². The zero-order valence-electron chi connectivity index (χ0n) is 4.95. The van der Waals surface area contributed by atoms with Gasteiger partial charge in [0.25, 0.3) is 5.78 Å². The van der Waals surface area contributed by atoms with Crippen LogP contribution in [0, 0.1) is 0 Å². The minimum absolute atomic E-state index is 0.218. The fourth-order valence-electron chi connectivity index (χ4n) is 0.774.